The van der Waals surface area contributed by atoms with E-state index >= 15 is 0 Å². The first-order valence-corrected chi connectivity index (χ1v) is 8.56. The van der Waals surface area contributed by atoms with Gasteiger partial charge >= 0.3 is 0 Å². The molecule has 0 aliphatic rings. The van der Waals surface area contributed by atoms with Crippen molar-refractivity contribution in [3.05, 3.63) is 77.9 Å². The Balaban J connectivity index is 1.70. The molecule has 0 fully saturated rings. The molecule has 3 heteroatoms. The Kier molecular flexibility index (Phi) is 5.03. The first kappa shape index (κ1) is 17.0. The minimum Gasteiger partial charge on any atom is -0.481 e. The van der Waals surface area contributed by atoms with Crippen molar-refractivity contribution < 1.29 is 9.53 Å². The number of rotatable bonds is 5. The Morgan fingerprint density at radius 1 is 0.920 bits per heavy atom. The summed E-state index contributed by atoms with van der Waals surface area (Å²) in [5.41, 5.74) is 2.27. The Bertz CT molecular complexity index is 865. The molecule has 2 atom stereocenters. The van der Waals surface area contributed by atoms with Crippen molar-refractivity contribution in [3.63, 3.8) is 0 Å². The Morgan fingerprint density at radius 2 is 1.60 bits per heavy atom. The lowest BCUT2D eigenvalue weighted by atomic mass is 9.99. The molecule has 0 aromatic heterocycles. The number of hydrogen-bond acceptors (Lipinski definition) is 2. The van der Waals surface area contributed by atoms with Gasteiger partial charge in [0, 0.05) is 0 Å². The van der Waals surface area contributed by atoms with Crippen LogP contribution in [0.25, 0.3) is 10.8 Å². The quantitative estimate of drug-likeness (QED) is 0.729. The minimum absolute atomic E-state index is 0.0948. The van der Waals surface area contributed by atoms with Gasteiger partial charge in [0.2, 0.25) is 0 Å². The molecular formula is C22H23NO2. The van der Waals surface area contributed by atoms with Crippen LogP contribution < -0.4 is 10.1 Å². The topological polar surface area (TPSA) is 38.3 Å². The number of ether oxygens (including phenoxy) is 1. The molecule has 0 saturated heterocycles. The maximum atomic E-state index is 12.5. The lowest BCUT2D eigenvalue weighted by Crippen LogP contribution is -2.37. The SMILES string of the molecule is Cc1ccc(O[C@H](C)C(=O)N[C@H](C)c2cccc3ccccc23)cc1. The number of nitrogens with one attached hydrogen (secondary N) is 1. The zero-order valence-electron chi connectivity index (χ0n) is 14.8. The third kappa shape index (κ3) is 4.00. The molecule has 0 unspecified atom stereocenters. The predicted molar refractivity (Wildman–Crippen MR) is 102 cm³/mol. The van der Waals surface area contributed by atoms with Gasteiger partial charge in [-0.2, -0.15) is 0 Å². The summed E-state index contributed by atoms with van der Waals surface area (Å²) in [6.07, 6.45) is -0.555. The lowest BCUT2D eigenvalue weighted by Gasteiger charge is -2.20. The summed E-state index contributed by atoms with van der Waals surface area (Å²) in [4.78, 5) is 12.5. The van der Waals surface area contributed by atoms with Gasteiger partial charge in [-0.3, -0.25) is 4.79 Å². The molecule has 0 radical (unpaired) electrons. The van der Waals surface area contributed by atoms with E-state index < -0.39 is 6.10 Å². The highest BCUT2D eigenvalue weighted by molar-refractivity contribution is 5.87. The van der Waals surface area contributed by atoms with E-state index in [0.29, 0.717) is 5.75 Å². The first-order chi connectivity index (χ1) is 12.0. The number of hydrogen-bond donors (Lipinski definition) is 1. The highest BCUT2D eigenvalue weighted by Gasteiger charge is 2.18. The van der Waals surface area contributed by atoms with Gasteiger partial charge in [0.15, 0.2) is 6.10 Å². The summed E-state index contributed by atoms with van der Waals surface area (Å²) in [5.74, 6) is 0.576. The van der Waals surface area contributed by atoms with Gasteiger partial charge in [-0.1, -0.05) is 60.2 Å². The lowest BCUT2D eigenvalue weighted by molar-refractivity contribution is -0.127. The number of fused-ring (bicyclic) bond motifs is 1. The van der Waals surface area contributed by atoms with Gasteiger partial charge in [-0.05, 0) is 49.2 Å². The molecule has 0 spiro atoms. The van der Waals surface area contributed by atoms with E-state index in [1.54, 1.807) is 6.92 Å². The monoisotopic (exact) mass is 333 g/mol. The van der Waals surface area contributed by atoms with Crippen molar-refractivity contribution >= 4 is 16.7 Å². The fourth-order valence-electron chi connectivity index (χ4n) is 2.91. The average molecular weight is 333 g/mol. The van der Waals surface area contributed by atoms with Gasteiger partial charge in [0.25, 0.3) is 5.91 Å². The van der Waals surface area contributed by atoms with Crippen LogP contribution in [0.2, 0.25) is 0 Å². The standard InChI is InChI=1S/C22H23NO2/c1-15-11-13-19(14-12-15)25-17(3)22(24)23-16(2)20-10-6-8-18-7-4-5-9-21(18)20/h4-14,16-17H,1-3H3,(H,23,24)/t16-,17-/m1/s1. The number of amides is 1. The number of benzene rings is 3. The fourth-order valence-corrected chi connectivity index (χ4v) is 2.91. The highest BCUT2D eigenvalue weighted by atomic mass is 16.5. The van der Waals surface area contributed by atoms with Crippen LogP contribution in [0.3, 0.4) is 0 Å². The van der Waals surface area contributed by atoms with Crippen LogP contribution in [0.15, 0.2) is 66.7 Å². The summed E-state index contributed by atoms with van der Waals surface area (Å²) in [7, 11) is 0. The first-order valence-electron chi connectivity index (χ1n) is 8.56. The summed E-state index contributed by atoms with van der Waals surface area (Å²) < 4.78 is 5.74. The van der Waals surface area contributed by atoms with Crippen molar-refractivity contribution in [2.24, 2.45) is 0 Å². The van der Waals surface area contributed by atoms with Gasteiger partial charge < -0.3 is 10.1 Å². The zero-order valence-corrected chi connectivity index (χ0v) is 14.8. The minimum atomic E-state index is -0.555. The van der Waals surface area contributed by atoms with Crippen molar-refractivity contribution in [3.8, 4) is 5.75 Å². The van der Waals surface area contributed by atoms with Gasteiger partial charge in [0.05, 0.1) is 6.04 Å². The van der Waals surface area contributed by atoms with Gasteiger partial charge in [0.1, 0.15) is 5.75 Å². The van der Waals surface area contributed by atoms with Crippen molar-refractivity contribution in [2.75, 3.05) is 0 Å². The van der Waals surface area contributed by atoms with E-state index in [1.807, 2.05) is 56.3 Å². The molecule has 3 rings (SSSR count). The molecule has 25 heavy (non-hydrogen) atoms. The average Bonchev–Trinajstić information content (AvgIpc) is 2.63. The molecule has 0 aliphatic heterocycles. The second kappa shape index (κ2) is 7.39. The summed E-state index contributed by atoms with van der Waals surface area (Å²) in [5, 5.41) is 5.38. The number of aryl methyl sites for hydroxylation is 1. The van der Waals surface area contributed by atoms with E-state index in [-0.39, 0.29) is 11.9 Å². The molecule has 128 valence electrons. The fraction of sp³-hybridized carbons (Fsp3) is 0.227. The largest absolute Gasteiger partial charge is 0.481 e. The summed E-state index contributed by atoms with van der Waals surface area (Å²) >= 11 is 0. The maximum Gasteiger partial charge on any atom is 0.261 e. The number of carbonyl (C=O) groups excluding carboxylic acids is 1. The van der Waals surface area contributed by atoms with Gasteiger partial charge in [-0.25, -0.2) is 0 Å². The highest BCUT2D eigenvalue weighted by Crippen LogP contribution is 2.24. The second-order valence-corrected chi connectivity index (χ2v) is 6.37. The van der Waals surface area contributed by atoms with E-state index in [1.165, 1.54) is 5.39 Å². The molecule has 3 nitrogen and oxygen atoms in total. The third-order valence-electron chi connectivity index (χ3n) is 4.35. The smallest absolute Gasteiger partial charge is 0.261 e. The maximum absolute atomic E-state index is 12.5. The van der Waals surface area contributed by atoms with Gasteiger partial charge in [-0.15, -0.1) is 0 Å². The molecule has 0 saturated carbocycles. The zero-order chi connectivity index (χ0) is 17.8. The molecule has 1 amide bonds. The molecule has 1 N–H and O–H groups in total. The van der Waals surface area contributed by atoms with Crippen LogP contribution in [0.1, 0.15) is 31.0 Å². The second-order valence-electron chi connectivity index (χ2n) is 6.37. The summed E-state index contributed by atoms with van der Waals surface area (Å²) in [6, 6.07) is 22.0. The van der Waals surface area contributed by atoms with E-state index in [4.69, 9.17) is 4.74 Å². The van der Waals surface area contributed by atoms with Crippen LogP contribution >= 0.6 is 0 Å². The Hall–Kier alpha value is -2.81. The number of carbonyl (C=O) groups is 1. The van der Waals surface area contributed by atoms with Crippen LogP contribution in [0.5, 0.6) is 5.75 Å². The Morgan fingerprint density at radius 3 is 2.36 bits per heavy atom. The van der Waals surface area contributed by atoms with Crippen molar-refractivity contribution in [1.82, 2.24) is 5.32 Å². The van der Waals surface area contributed by atoms with Crippen molar-refractivity contribution in [1.29, 1.82) is 0 Å². The van der Waals surface area contributed by atoms with Crippen LogP contribution in [-0.4, -0.2) is 12.0 Å². The van der Waals surface area contributed by atoms with E-state index in [9.17, 15) is 4.79 Å². The normalized spacial score (nSPS) is 13.2. The molecule has 0 bridgehead atoms. The van der Waals surface area contributed by atoms with E-state index in [2.05, 4.69) is 29.6 Å². The summed E-state index contributed by atoms with van der Waals surface area (Å²) in [6.45, 7) is 5.79. The van der Waals surface area contributed by atoms with Crippen LogP contribution in [-0.2, 0) is 4.79 Å². The molecule has 0 aliphatic carbocycles. The van der Waals surface area contributed by atoms with Crippen molar-refractivity contribution in [2.45, 2.75) is 32.9 Å². The third-order valence-corrected chi connectivity index (χ3v) is 4.35. The molecule has 0 heterocycles. The van der Waals surface area contributed by atoms with Crippen LogP contribution in [0, 0.1) is 6.92 Å². The molecule has 3 aromatic rings. The van der Waals surface area contributed by atoms with E-state index in [0.717, 1.165) is 16.5 Å². The predicted octanol–water partition coefficient (Wildman–Crippen LogP) is 4.79. The molecular weight excluding hydrogens is 310 g/mol. The molecule has 3 aromatic carbocycles. The Labute approximate surface area is 148 Å². The van der Waals surface area contributed by atoms with Crippen LogP contribution in [0.4, 0.5) is 0 Å².